The van der Waals surface area contributed by atoms with Gasteiger partial charge < -0.3 is 14.8 Å². The minimum atomic E-state index is -4.55. The van der Waals surface area contributed by atoms with Gasteiger partial charge in [-0.15, -0.1) is 11.3 Å². The molecule has 0 aliphatic heterocycles. The van der Waals surface area contributed by atoms with Gasteiger partial charge in [0.15, 0.2) is 10.8 Å². The number of nitrogens with zero attached hydrogens (tertiary/aromatic N) is 1. The maximum absolute atomic E-state index is 12.3. The Labute approximate surface area is 120 Å². The average Bonchev–Trinajstić information content (AvgIpc) is 3.05. The van der Waals surface area contributed by atoms with Crippen molar-refractivity contribution in [2.45, 2.75) is 12.3 Å². The van der Waals surface area contributed by atoms with Crippen molar-refractivity contribution in [2.75, 3.05) is 11.9 Å². The number of furan rings is 1. The van der Waals surface area contributed by atoms with Gasteiger partial charge in [0.2, 0.25) is 0 Å². The molecule has 0 fully saturated rings. The van der Waals surface area contributed by atoms with E-state index in [4.69, 9.17) is 4.42 Å². The highest BCUT2D eigenvalue weighted by Crippen LogP contribution is 2.31. The van der Waals surface area contributed by atoms with Crippen LogP contribution in [0.4, 0.5) is 23.1 Å². The van der Waals surface area contributed by atoms with Gasteiger partial charge in [-0.25, -0.2) is 9.78 Å². The van der Waals surface area contributed by atoms with E-state index in [0.29, 0.717) is 11.3 Å². The van der Waals surface area contributed by atoms with Crippen LogP contribution in [0, 0.1) is 0 Å². The Hall–Kier alpha value is -2.07. The summed E-state index contributed by atoms with van der Waals surface area (Å²) < 4.78 is 41.9. The highest BCUT2D eigenvalue weighted by atomic mass is 32.1. The third-order valence-electron chi connectivity index (χ3n) is 2.34. The maximum Gasteiger partial charge on any atom is 0.434 e. The molecular weight excluding hydrogens is 311 g/mol. The van der Waals surface area contributed by atoms with E-state index in [1.54, 1.807) is 6.07 Å². The van der Waals surface area contributed by atoms with Crippen LogP contribution in [0.25, 0.3) is 0 Å². The number of hydrogen-bond donors (Lipinski definition) is 3. The first-order valence-corrected chi connectivity index (χ1v) is 6.53. The molecule has 6 nitrogen and oxygen atoms in total. The molecule has 0 saturated carbocycles. The van der Waals surface area contributed by atoms with E-state index in [2.05, 4.69) is 15.6 Å². The van der Waals surface area contributed by atoms with E-state index in [1.165, 1.54) is 12.3 Å². The second-order valence-corrected chi connectivity index (χ2v) is 4.76. The number of rotatable bonds is 4. The van der Waals surface area contributed by atoms with Crippen LogP contribution >= 0.6 is 11.3 Å². The molecule has 0 unspecified atom stereocenters. The summed E-state index contributed by atoms with van der Waals surface area (Å²) in [5.74, 6) is 0.268. The molecule has 2 heterocycles. The SMILES string of the molecule is O=C(NC[C@H](O)c1ccco1)Nc1nc(C(F)(F)F)cs1. The van der Waals surface area contributed by atoms with Crippen LogP contribution in [-0.2, 0) is 6.18 Å². The molecule has 0 spiro atoms. The number of amides is 2. The molecule has 21 heavy (non-hydrogen) atoms. The molecule has 1 atom stereocenters. The molecule has 2 amide bonds. The number of aliphatic hydroxyl groups is 1. The number of nitrogens with one attached hydrogen (secondary N) is 2. The molecule has 3 N–H and O–H groups in total. The number of carbonyl (C=O) groups excluding carboxylic acids is 1. The summed E-state index contributed by atoms with van der Waals surface area (Å²) in [6.07, 6.45) is -4.23. The van der Waals surface area contributed by atoms with Crippen molar-refractivity contribution in [3.8, 4) is 0 Å². The molecule has 2 aromatic rings. The molecule has 2 aromatic heterocycles. The van der Waals surface area contributed by atoms with Gasteiger partial charge in [-0.05, 0) is 12.1 Å². The fraction of sp³-hybridized carbons (Fsp3) is 0.273. The summed E-state index contributed by atoms with van der Waals surface area (Å²) in [7, 11) is 0. The van der Waals surface area contributed by atoms with Crippen molar-refractivity contribution >= 4 is 22.5 Å². The average molecular weight is 321 g/mol. The van der Waals surface area contributed by atoms with Crippen LogP contribution in [0.2, 0.25) is 0 Å². The third kappa shape index (κ3) is 4.20. The third-order valence-corrected chi connectivity index (χ3v) is 3.10. The maximum atomic E-state index is 12.3. The number of alkyl halides is 3. The molecule has 0 saturated heterocycles. The highest BCUT2D eigenvalue weighted by molar-refractivity contribution is 7.13. The topological polar surface area (TPSA) is 87.4 Å². The Kier molecular flexibility index (Phi) is 4.48. The van der Waals surface area contributed by atoms with Gasteiger partial charge >= 0.3 is 12.2 Å². The zero-order valence-corrected chi connectivity index (χ0v) is 11.2. The molecule has 0 aliphatic carbocycles. The van der Waals surface area contributed by atoms with Crippen molar-refractivity contribution in [3.05, 3.63) is 35.2 Å². The zero-order valence-electron chi connectivity index (χ0n) is 10.3. The lowest BCUT2D eigenvalue weighted by Gasteiger charge is -2.09. The Bertz CT molecular complexity index is 597. The van der Waals surface area contributed by atoms with E-state index < -0.39 is 24.0 Å². The van der Waals surface area contributed by atoms with Crippen LogP contribution in [0.3, 0.4) is 0 Å². The zero-order chi connectivity index (χ0) is 15.5. The second-order valence-electron chi connectivity index (χ2n) is 3.90. The van der Waals surface area contributed by atoms with E-state index in [9.17, 15) is 23.1 Å². The van der Waals surface area contributed by atoms with Crippen LogP contribution in [0.5, 0.6) is 0 Å². The molecule has 114 valence electrons. The number of anilines is 1. The van der Waals surface area contributed by atoms with Gasteiger partial charge in [0.25, 0.3) is 0 Å². The monoisotopic (exact) mass is 321 g/mol. The van der Waals surface area contributed by atoms with E-state index in [0.717, 1.165) is 5.38 Å². The van der Waals surface area contributed by atoms with Crippen molar-refractivity contribution < 1.29 is 27.5 Å². The minimum Gasteiger partial charge on any atom is -0.467 e. The van der Waals surface area contributed by atoms with E-state index >= 15 is 0 Å². The lowest BCUT2D eigenvalue weighted by atomic mass is 10.3. The second kappa shape index (κ2) is 6.14. The number of aliphatic hydroxyl groups excluding tert-OH is 1. The summed E-state index contributed by atoms with van der Waals surface area (Å²) in [5.41, 5.74) is -1.07. The Morgan fingerprint density at radius 1 is 1.52 bits per heavy atom. The lowest BCUT2D eigenvalue weighted by Crippen LogP contribution is -2.32. The van der Waals surface area contributed by atoms with Crippen LogP contribution in [0.1, 0.15) is 17.6 Å². The molecular formula is C11H10F3N3O3S. The van der Waals surface area contributed by atoms with Crippen molar-refractivity contribution in [1.29, 1.82) is 0 Å². The number of thiazole rings is 1. The standard InChI is InChI=1S/C11H10F3N3O3S/c12-11(13,14)8-5-21-10(16-8)17-9(19)15-4-6(18)7-2-1-3-20-7/h1-3,5-6,18H,4H2,(H2,15,16,17,19)/t6-/m0/s1. The van der Waals surface area contributed by atoms with Crippen LogP contribution in [-0.4, -0.2) is 22.7 Å². The van der Waals surface area contributed by atoms with Gasteiger partial charge in [0.05, 0.1) is 12.8 Å². The predicted octanol–water partition coefficient (Wildman–Crippen LogP) is 2.61. The van der Waals surface area contributed by atoms with Gasteiger partial charge in [-0.2, -0.15) is 13.2 Å². The normalized spacial score (nSPS) is 13.0. The Morgan fingerprint density at radius 3 is 2.86 bits per heavy atom. The summed E-state index contributed by atoms with van der Waals surface area (Å²) in [6.45, 7) is -0.156. The number of hydrogen-bond acceptors (Lipinski definition) is 5. The molecule has 2 rings (SSSR count). The Balaban J connectivity index is 1.83. The summed E-state index contributed by atoms with van der Waals surface area (Å²) in [5, 5.41) is 14.7. The predicted molar refractivity (Wildman–Crippen MR) is 67.8 cm³/mol. The highest BCUT2D eigenvalue weighted by Gasteiger charge is 2.33. The number of carbonyl (C=O) groups is 1. The molecule has 10 heteroatoms. The van der Waals surface area contributed by atoms with Crippen molar-refractivity contribution in [1.82, 2.24) is 10.3 Å². The fourth-order valence-corrected chi connectivity index (χ4v) is 2.09. The lowest BCUT2D eigenvalue weighted by molar-refractivity contribution is -0.140. The smallest absolute Gasteiger partial charge is 0.434 e. The number of aromatic nitrogens is 1. The quantitative estimate of drug-likeness (QED) is 0.808. The first kappa shape index (κ1) is 15.3. The molecule has 0 aliphatic rings. The summed E-state index contributed by atoms with van der Waals surface area (Å²) in [6, 6.07) is 2.33. The first-order chi connectivity index (χ1) is 9.86. The van der Waals surface area contributed by atoms with Gasteiger partial charge in [-0.3, -0.25) is 5.32 Å². The Morgan fingerprint density at radius 2 is 2.29 bits per heavy atom. The van der Waals surface area contributed by atoms with Crippen LogP contribution < -0.4 is 10.6 Å². The van der Waals surface area contributed by atoms with Gasteiger partial charge in [-0.1, -0.05) is 0 Å². The first-order valence-electron chi connectivity index (χ1n) is 5.65. The molecule has 0 aromatic carbocycles. The van der Waals surface area contributed by atoms with E-state index in [1.807, 2.05) is 0 Å². The van der Waals surface area contributed by atoms with Crippen molar-refractivity contribution in [3.63, 3.8) is 0 Å². The van der Waals surface area contributed by atoms with Gasteiger partial charge in [0, 0.05) is 5.38 Å². The minimum absolute atomic E-state index is 0.156. The number of urea groups is 1. The molecule has 0 bridgehead atoms. The summed E-state index contributed by atoms with van der Waals surface area (Å²) >= 11 is 0.653. The van der Waals surface area contributed by atoms with E-state index in [-0.39, 0.29) is 17.4 Å². The summed E-state index contributed by atoms with van der Waals surface area (Å²) in [4.78, 5) is 14.7. The number of halogens is 3. The largest absolute Gasteiger partial charge is 0.467 e. The fourth-order valence-electron chi connectivity index (χ4n) is 1.37. The molecule has 0 radical (unpaired) electrons. The van der Waals surface area contributed by atoms with Crippen molar-refractivity contribution in [2.24, 2.45) is 0 Å². The van der Waals surface area contributed by atoms with Crippen LogP contribution in [0.15, 0.2) is 28.2 Å². The van der Waals surface area contributed by atoms with Gasteiger partial charge in [0.1, 0.15) is 11.9 Å².